The number of rotatable bonds is 5. The van der Waals surface area contributed by atoms with Gasteiger partial charge in [0, 0.05) is 5.92 Å². The molecule has 0 radical (unpaired) electrons. The van der Waals surface area contributed by atoms with Crippen LogP contribution in [0.1, 0.15) is 52.4 Å². The smallest absolute Gasteiger partial charge is 0.242 e. The lowest BCUT2D eigenvalue weighted by atomic mass is 9.47. The van der Waals surface area contributed by atoms with Crippen LogP contribution < -0.4 is 10.4 Å². The van der Waals surface area contributed by atoms with Gasteiger partial charge in [-0.25, -0.2) is 0 Å². The Morgan fingerprint density at radius 1 is 1.03 bits per heavy atom. The first-order valence-electron chi connectivity index (χ1n) is 14.1. The summed E-state index contributed by atoms with van der Waals surface area (Å²) in [5, 5.41) is 13.6. The summed E-state index contributed by atoms with van der Waals surface area (Å²) in [6.45, 7) is 4.53. The number of hydrogen-bond acceptors (Lipinski definition) is 4. The summed E-state index contributed by atoms with van der Waals surface area (Å²) in [5.74, 6) is 0.768. The minimum Gasteiger partial charge on any atom is -0.393 e. The number of aliphatic hydroxyl groups is 1. The third-order valence-electron chi connectivity index (χ3n) is 10.4. The van der Waals surface area contributed by atoms with Gasteiger partial charge in [-0.1, -0.05) is 62.4 Å². The molecule has 1 amide bonds. The number of carbonyl (C=O) groups is 2. The van der Waals surface area contributed by atoms with Crippen molar-refractivity contribution in [1.29, 1.82) is 0 Å². The number of nitrogens with zero attached hydrogens (tertiary/aromatic N) is 1. The van der Waals surface area contributed by atoms with Crippen LogP contribution in [0.3, 0.4) is 0 Å². The number of aliphatic hydroxyl groups excluding tert-OH is 1. The number of nitrogens with one attached hydrogen (secondary N) is 1. The number of hydrogen-bond donors (Lipinski definition) is 2. The lowest BCUT2D eigenvalue weighted by Gasteiger charge is -2.58. The Bertz CT molecular complexity index is 1230. The maximum Gasteiger partial charge on any atom is 0.242 e. The number of para-hydroxylation sites is 2. The Balaban J connectivity index is 1.28. The molecule has 0 heterocycles. The normalized spacial score (nSPS) is 35.6. The van der Waals surface area contributed by atoms with E-state index in [1.54, 1.807) is 0 Å². The fourth-order valence-electron chi connectivity index (χ4n) is 8.63. The zero-order valence-corrected chi connectivity index (χ0v) is 22.3. The molecule has 198 valence electrons. The highest BCUT2D eigenvalue weighted by molar-refractivity contribution is 5.84. The van der Waals surface area contributed by atoms with Crippen molar-refractivity contribution in [3.63, 3.8) is 0 Å². The summed E-state index contributed by atoms with van der Waals surface area (Å²) in [4.78, 5) is 25.5. The van der Waals surface area contributed by atoms with Gasteiger partial charge in [-0.2, -0.15) is 0 Å². The highest BCUT2D eigenvalue weighted by Gasteiger charge is 2.62. The van der Waals surface area contributed by atoms with E-state index >= 15 is 0 Å². The van der Waals surface area contributed by atoms with E-state index in [4.69, 9.17) is 0 Å². The van der Waals surface area contributed by atoms with Crippen LogP contribution in [0.5, 0.6) is 0 Å². The first-order valence-corrected chi connectivity index (χ1v) is 14.1. The number of hydrazine groups is 1. The summed E-state index contributed by atoms with van der Waals surface area (Å²) >= 11 is 0. The van der Waals surface area contributed by atoms with E-state index in [1.165, 1.54) is 5.57 Å². The first-order chi connectivity index (χ1) is 18.3. The van der Waals surface area contributed by atoms with Gasteiger partial charge in [-0.3, -0.25) is 20.0 Å². The van der Waals surface area contributed by atoms with E-state index in [9.17, 15) is 14.7 Å². The number of anilines is 2. The first kappa shape index (κ1) is 25.1. The molecule has 2 aromatic rings. The van der Waals surface area contributed by atoms with Crippen molar-refractivity contribution in [2.45, 2.75) is 58.5 Å². The van der Waals surface area contributed by atoms with Gasteiger partial charge in [-0.05, 0) is 103 Å². The van der Waals surface area contributed by atoms with E-state index in [0.29, 0.717) is 18.3 Å². The fraction of sp³-hybridized carbons (Fsp3) is 0.455. The van der Waals surface area contributed by atoms with Crippen molar-refractivity contribution >= 4 is 23.6 Å². The lowest BCUT2D eigenvalue weighted by molar-refractivity contribution is -0.141. The molecule has 38 heavy (non-hydrogen) atoms. The van der Waals surface area contributed by atoms with E-state index in [2.05, 4.69) is 31.4 Å². The second-order valence-electron chi connectivity index (χ2n) is 12.3. The topological polar surface area (TPSA) is 69.6 Å². The Kier molecular flexibility index (Phi) is 6.30. The van der Waals surface area contributed by atoms with E-state index < -0.39 is 6.10 Å². The van der Waals surface area contributed by atoms with Gasteiger partial charge in [0.25, 0.3) is 0 Å². The van der Waals surface area contributed by atoms with Gasteiger partial charge in [0.15, 0.2) is 0 Å². The SMILES string of the molecule is C[C@]12C[C@H](O)[C@H]3[C@@H](CC=C4C=C(C=O)CC[C@@]43C)[C@@H]1CC[C@@H]2C(=O)NN(c1ccccc1)c1ccccc1. The van der Waals surface area contributed by atoms with Gasteiger partial charge in [0.05, 0.1) is 17.5 Å². The van der Waals surface area contributed by atoms with Crippen LogP contribution in [0.4, 0.5) is 11.4 Å². The van der Waals surface area contributed by atoms with Crippen LogP contribution in [0.25, 0.3) is 0 Å². The molecule has 2 fully saturated rings. The molecule has 5 heteroatoms. The van der Waals surface area contributed by atoms with Gasteiger partial charge >= 0.3 is 0 Å². The molecule has 7 atom stereocenters. The summed E-state index contributed by atoms with van der Waals surface area (Å²) < 4.78 is 0. The number of carbonyl (C=O) groups excluding carboxylic acids is 2. The Morgan fingerprint density at radius 2 is 1.68 bits per heavy atom. The van der Waals surface area contributed by atoms with Gasteiger partial charge in [0.1, 0.15) is 6.29 Å². The molecule has 2 saturated carbocycles. The standard InChI is InChI=1S/C33H38N2O3/c1-32-18-17-22(21-36)19-23(32)13-14-26-27-15-16-28(33(27,2)20-29(37)30(26)32)31(38)34-35(24-9-5-3-6-10-24)25-11-7-4-8-12-25/h3-13,19,21,26-30,37H,14-18,20H2,1-2H3,(H,34,38)/t26-,27-,28+,29-,30+,32-,33-/m0/s1. The average Bonchev–Trinajstić information content (AvgIpc) is 3.28. The number of amides is 1. The molecule has 4 aliphatic rings. The van der Waals surface area contributed by atoms with Crippen LogP contribution in [0.15, 0.2) is 84.0 Å². The number of aldehydes is 1. The molecule has 2 aromatic carbocycles. The zero-order chi connectivity index (χ0) is 26.5. The predicted molar refractivity (Wildman–Crippen MR) is 149 cm³/mol. The summed E-state index contributed by atoms with van der Waals surface area (Å²) in [6, 6.07) is 19.9. The summed E-state index contributed by atoms with van der Waals surface area (Å²) in [5.41, 5.74) is 6.79. The highest BCUT2D eigenvalue weighted by atomic mass is 16.3. The zero-order valence-electron chi connectivity index (χ0n) is 22.3. The van der Waals surface area contributed by atoms with Crippen LogP contribution in [-0.4, -0.2) is 23.4 Å². The van der Waals surface area contributed by atoms with E-state index in [-0.39, 0.29) is 28.6 Å². The van der Waals surface area contributed by atoms with Crippen LogP contribution in [0, 0.1) is 34.5 Å². The number of allylic oxidation sites excluding steroid dienone is 4. The monoisotopic (exact) mass is 510 g/mol. The summed E-state index contributed by atoms with van der Waals surface area (Å²) in [6.07, 6.45) is 9.97. The molecule has 0 aromatic heterocycles. The molecule has 0 unspecified atom stereocenters. The maximum atomic E-state index is 14.0. The second-order valence-corrected chi connectivity index (χ2v) is 12.3. The third-order valence-corrected chi connectivity index (χ3v) is 10.4. The minimum absolute atomic E-state index is 0.0304. The van der Waals surface area contributed by atoms with Crippen LogP contribution >= 0.6 is 0 Å². The van der Waals surface area contributed by atoms with E-state index in [1.807, 2.05) is 65.7 Å². The molecule has 6 rings (SSSR count). The van der Waals surface area contributed by atoms with Crippen molar-refractivity contribution < 1.29 is 14.7 Å². The Morgan fingerprint density at radius 3 is 2.32 bits per heavy atom. The van der Waals surface area contributed by atoms with Crippen LogP contribution in [0.2, 0.25) is 0 Å². The molecule has 0 spiro atoms. The quantitative estimate of drug-likeness (QED) is 0.374. The molecular formula is C33H38N2O3. The van der Waals surface area contributed by atoms with Gasteiger partial charge < -0.3 is 5.11 Å². The lowest BCUT2D eigenvalue weighted by Crippen LogP contribution is -2.57. The van der Waals surface area contributed by atoms with Gasteiger partial charge in [-0.15, -0.1) is 0 Å². The molecule has 0 bridgehead atoms. The number of fused-ring (bicyclic) bond motifs is 5. The molecule has 0 aliphatic heterocycles. The van der Waals surface area contributed by atoms with Crippen molar-refractivity contribution in [3.8, 4) is 0 Å². The third kappa shape index (κ3) is 3.94. The molecule has 0 saturated heterocycles. The Labute approximate surface area is 225 Å². The Hall–Kier alpha value is -3.18. The molecule has 2 N–H and O–H groups in total. The van der Waals surface area contributed by atoms with Crippen molar-refractivity contribution in [3.05, 3.63) is 84.0 Å². The molecular weight excluding hydrogens is 472 g/mol. The highest BCUT2D eigenvalue weighted by Crippen LogP contribution is 2.66. The largest absolute Gasteiger partial charge is 0.393 e. The van der Waals surface area contributed by atoms with Crippen molar-refractivity contribution in [2.75, 3.05) is 5.01 Å². The molecule has 5 nitrogen and oxygen atoms in total. The van der Waals surface area contributed by atoms with Crippen molar-refractivity contribution in [1.82, 2.24) is 5.43 Å². The maximum absolute atomic E-state index is 14.0. The molecule has 4 aliphatic carbocycles. The van der Waals surface area contributed by atoms with Crippen molar-refractivity contribution in [2.24, 2.45) is 34.5 Å². The fourth-order valence-corrected chi connectivity index (χ4v) is 8.63. The predicted octanol–water partition coefficient (Wildman–Crippen LogP) is 6.14. The second kappa shape index (κ2) is 9.53. The average molecular weight is 511 g/mol. The number of benzene rings is 2. The summed E-state index contributed by atoms with van der Waals surface area (Å²) in [7, 11) is 0. The van der Waals surface area contributed by atoms with Crippen LogP contribution in [-0.2, 0) is 9.59 Å². The van der Waals surface area contributed by atoms with E-state index in [0.717, 1.165) is 55.3 Å². The van der Waals surface area contributed by atoms with Gasteiger partial charge in [0.2, 0.25) is 5.91 Å². The minimum atomic E-state index is -0.464.